The molecular weight excluding hydrogens is 240 g/mol. The largest absolute Gasteiger partial charge is 0.336 e. The van der Waals surface area contributed by atoms with Crippen LogP contribution >= 0.6 is 0 Å². The van der Waals surface area contributed by atoms with E-state index in [2.05, 4.69) is 5.32 Å². The van der Waals surface area contributed by atoms with Crippen LogP contribution in [0.3, 0.4) is 0 Å². The summed E-state index contributed by atoms with van der Waals surface area (Å²) in [5, 5.41) is 2.88. The van der Waals surface area contributed by atoms with Crippen LogP contribution in [-0.4, -0.2) is 28.8 Å². The fraction of sp³-hybridized carbons (Fsp3) is 0.467. The van der Waals surface area contributed by atoms with Crippen molar-refractivity contribution in [1.29, 1.82) is 0 Å². The van der Waals surface area contributed by atoms with Gasteiger partial charge in [-0.3, -0.25) is 9.59 Å². The van der Waals surface area contributed by atoms with Gasteiger partial charge in [0.2, 0.25) is 5.91 Å². The second-order valence-corrected chi connectivity index (χ2v) is 5.55. The number of nitrogens with zero attached hydrogens (tertiary/aromatic N) is 1. The summed E-state index contributed by atoms with van der Waals surface area (Å²) in [5.41, 5.74) is -0.980. The van der Waals surface area contributed by atoms with Crippen LogP contribution in [-0.2, 0) is 15.1 Å². The minimum atomic E-state index is -0.982. The normalized spacial score (nSPS) is 26.2. The lowest BCUT2D eigenvalue weighted by molar-refractivity contribution is -0.160. The van der Waals surface area contributed by atoms with Crippen LogP contribution in [0.15, 0.2) is 30.3 Å². The van der Waals surface area contributed by atoms with Gasteiger partial charge in [-0.25, -0.2) is 0 Å². The molecule has 0 bridgehead atoms. The Labute approximate surface area is 113 Å². The SMILES string of the molecule is CCN1C(=O)C(C)(c2ccccc2)NC(=O)C1(C)C. The van der Waals surface area contributed by atoms with Gasteiger partial charge in [0.25, 0.3) is 5.91 Å². The lowest BCUT2D eigenvalue weighted by Gasteiger charge is -2.48. The van der Waals surface area contributed by atoms with Crippen molar-refractivity contribution < 1.29 is 9.59 Å². The summed E-state index contributed by atoms with van der Waals surface area (Å²) in [4.78, 5) is 26.7. The number of hydrogen-bond donors (Lipinski definition) is 1. The van der Waals surface area contributed by atoms with Gasteiger partial charge < -0.3 is 10.2 Å². The van der Waals surface area contributed by atoms with Gasteiger partial charge in [0, 0.05) is 6.54 Å². The van der Waals surface area contributed by atoms with Gasteiger partial charge in [0.05, 0.1) is 0 Å². The summed E-state index contributed by atoms with van der Waals surface area (Å²) in [6, 6.07) is 9.37. The smallest absolute Gasteiger partial charge is 0.253 e. The van der Waals surface area contributed by atoms with Crippen molar-refractivity contribution in [2.45, 2.75) is 38.8 Å². The first-order chi connectivity index (χ1) is 8.84. The molecule has 1 heterocycles. The van der Waals surface area contributed by atoms with Crippen molar-refractivity contribution in [3.05, 3.63) is 35.9 Å². The van der Waals surface area contributed by atoms with Gasteiger partial charge in [-0.05, 0) is 33.3 Å². The molecule has 0 saturated carbocycles. The third-order valence-electron chi connectivity index (χ3n) is 3.93. The Morgan fingerprint density at radius 1 is 1.11 bits per heavy atom. The monoisotopic (exact) mass is 260 g/mol. The van der Waals surface area contributed by atoms with E-state index in [-0.39, 0.29) is 11.8 Å². The molecule has 102 valence electrons. The summed E-state index contributed by atoms with van der Waals surface area (Å²) in [7, 11) is 0. The number of piperazine rings is 1. The Balaban J connectivity index is 2.50. The highest BCUT2D eigenvalue weighted by Gasteiger charge is 2.52. The summed E-state index contributed by atoms with van der Waals surface area (Å²) in [6.45, 7) is 7.72. The molecule has 19 heavy (non-hydrogen) atoms. The first-order valence-electron chi connectivity index (χ1n) is 6.54. The first kappa shape index (κ1) is 13.6. The quantitative estimate of drug-likeness (QED) is 0.879. The summed E-state index contributed by atoms with van der Waals surface area (Å²) < 4.78 is 0. The molecule has 0 radical (unpaired) electrons. The summed E-state index contributed by atoms with van der Waals surface area (Å²) >= 11 is 0. The molecule has 2 amide bonds. The lowest BCUT2D eigenvalue weighted by Crippen LogP contribution is -2.71. The molecular formula is C15H20N2O2. The van der Waals surface area contributed by atoms with E-state index in [0.29, 0.717) is 6.54 Å². The van der Waals surface area contributed by atoms with E-state index in [1.165, 1.54) is 0 Å². The van der Waals surface area contributed by atoms with Crippen LogP contribution in [0.5, 0.6) is 0 Å². The Morgan fingerprint density at radius 2 is 1.68 bits per heavy atom. The average molecular weight is 260 g/mol. The fourth-order valence-electron chi connectivity index (χ4n) is 2.59. The standard InChI is InChI=1S/C15H20N2O2/c1-5-17-13(19)15(4,11-9-7-6-8-10-11)16-12(18)14(17,2)3/h6-10H,5H2,1-4H3,(H,16,18). The third kappa shape index (κ3) is 1.91. The van der Waals surface area contributed by atoms with Crippen molar-refractivity contribution in [1.82, 2.24) is 10.2 Å². The van der Waals surface area contributed by atoms with Gasteiger partial charge >= 0.3 is 0 Å². The van der Waals surface area contributed by atoms with E-state index in [1.807, 2.05) is 37.3 Å². The van der Waals surface area contributed by atoms with E-state index < -0.39 is 11.1 Å². The van der Waals surface area contributed by atoms with Gasteiger partial charge in [-0.2, -0.15) is 0 Å². The number of rotatable bonds is 2. The Bertz CT molecular complexity index is 510. The second-order valence-electron chi connectivity index (χ2n) is 5.55. The van der Waals surface area contributed by atoms with Crippen molar-refractivity contribution in [2.75, 3.05) is 6.54 Å². The van der Waals surface area contributed by atoms with E-state index in [1.54, 1.807) is 25.7 Å². The Hall–Kier alpha value is -1.84. The van der Waals surface area contributed by atoms with Crippen molar-refractivity contribution in [3.8, 4) is 0 Å². The molecule has 1 aliphatic rings. The van der Waals surface area contributed by atoms with Crippen LogP contribution < -0.4 is 5.32 Å². The zero-order valence-electron chi connectivity index (χ0n) is 11.9. The molecule has 4 heteroatoms. The molecule has 0 aliphatic carbocycles. The van der Waals surface area contributed by atoms with E-state index in [0.717, 1.165) is 5.56 Å². The molecule has 0 aromatic heterocycles. The van der Waals surface area contributed by atoms with E-state index >= 15 is 0 Å². The molecule has 0 spiro atoms. The van der Waals surface area contributed by atoms with Crippen LogP contribution in [0.2, 0.25) is 0 Å². The number of hydrogen-bond acceptors (Lipinski definition) is 2. The summed E-state index contributed by atoms with van der Waals surface area (Å²) in [6.07, 6.45) is 0. The fourth-order valence-corrected chi connectivity index (χ4v) is 2.59. The second kappa shape index (κ2) is 4.37. The number of nitrogens with one attached hydrogen (secondary N) is 1. The molecule has 1 unspecified atom stereocenters. The van der Waals surface area contributed by atoms with Crippen molar-refractivity contribution >= 4 is 11.8 Å². The van der Waals surface area contributed by atoms with Gasteiger partial charge in [-0.1, -0.05) is 30.3 Å². The summed E-state index contributed by atoms with van der Waals surface area (Å²) in [5.74, 6) is -0.189. The topological polar surface area (TPSA) is 49.4 Å². The average Bonchev–Trinajstić information content (AvgIpc) is 2.38. The predicted molar refractivity (Wildman–Crippen MR) is 73.4 cm³/mol. The highest BCUT2D eigenvalue weighted by molar-refractivity contribution is 6.02. The lowest BCUT2D eigenvalue weighted by atomic mass is 9.83. The molecule has 2 rings (SSSR count). The van der Waals surface area contributed by atoms with Crippen molar-refractivity contribution in [3.63, 3.8) is 0 Å². The Kier molecular flexibility index (Phi) is 3.12. The minimum absolute atomic E-state index is 0.0641. The maximum atomic E-state index is 12.8. The maximum Gasteiger partial charge on any atom is 0.253 e. The number of benzene rings is 1. The number of amides is 2. The number of carbonyl (C=O) groups excluding carboxylic acids is 2. The highest BCUT2D eigenvalue weighted by Crippen LogP contribution is 2.32. The van der Waals surface area contributed by atoms with E-state index in [4.69, 9.17) is 0 Å². The predicted octanol–water partition coefficient (Wildman–Crippen LogP) is 1.66. The Morgan fingerprint density at radius 3 is 2.21 bits per heavy atom. The minimum Gasteiger partial charge on any atom is -0.336 e. The first-order valence-corrected chi connectivity index (χ1v) is 6.54. The van der Waals surface area contributed by atoms with Crippen LogP contribution in [0, 0.1) is 0 Å². The number of likely N-dealkylation sites (N-methyl/N-ethyl adjacent to an activating group) is 1. The molecule has 1 aromatic rings. The van der Waals surface area contributed by atoms with E-state index in [9.17, 15) is 9.59 Å². The zero-order chi connectivity index (χ0) is 14.3. The van der Waals surface area contributed by atoms with Crippen LogP contribution in [0.25, 0.3) is 0 Å². The molecule has 1 saturated heterocycles. The number of carbonyl (C=O) groups is 2. The highest BCUT2D eigenvalue weighted by atomic mass is 16.2. The van der Waals surface area contributed by atoms with Crippen LogP contribution in [0.4, 0.5) is 0 Å². The molecule has 1 aliphatic heterocycles. The molecule has 4 nitrogen and oxygen atoms in total. The van der Waals surface area contributed by atoms with Gasteiger partial charge in [-0.15, -0.1) is 0 Å². The van der Waals surface area contributed by atoms with Gasteiger partial charge in [0.1, 0.15) is 11.1 Å². The van der Waals surface area contributed by atoms with Crippen molar-refractivity contribution in [2.24, 2.45) is 0 Å². The zero-order valence-corrected chi connectivity index (χ0v) is 11.9. The molecule has 1 atom stereocenters. The maximum absolute atomic E-state index is 12.8. The molecule has 1 N–H and O–H groups in total. The molecule has 1 fully saturated rings. The van der Waals surface area contributed by atoms with Gasteiger partial charge in [0.15, 0.2) is 0 Å². The third-order valence-corrected chi connectivity index (χ3v) is 3.93. The van der Waals surface area contributed by atoms with Crippen LogP contribution in [0.1, 0.15) is 33.3 Å². The molecule has 1 aromatic carbocycles.